The number of para-hydroxylation sites is 1. The van der Waals surface area contributed by atoms with Gasteiger partial charge in [-0.3, -0.25) is 4.57 Å². The molecule has 0 saturated carbocycles. The molecule has 3 aromatic carbocycles. The van der Waals surface area contributed by atoms with Crippen molar-refractivity contribution in [2.24, 2.45) is 0 Å². The SMILES string of the molecule is Cc1cccc(-n2c(SCc3nnc(Cc4ccccc4)o3)nnc2-c2c[nH]c3ccccc23)c1. The van der Waals surface area contributed by atoms with Crippen LogP contribution in [0.1, 0.15) is 22.9 Å². The Morgan fingerprint density at radius 3 is 2.57 bits per heavy atom. The summed E-state index contributed by atoms with van der Waals surface area (Å²) in [7, 11) is 0. The average molecular weight is 479 g/mol. The fourth-order valence-electron chi connectivity index (χ4n) is 4.11. The maximum absolute atomic E-state index is 5.91. The number of fused-ring (bicyclic) bond motifs is 1. The van der Waals surface area contributed by atoms with E-state index < -0.39 is 0 Å². The van der Waals surface area contributed by atoms with Crippen molar-refractivity contribution in [1.82, 2.24) is 29.9 Å². The summed E-state index contributed by atoms with van der Waals surface area (Å²) in [6.07, 6.45) is 2.60. The Bertz CT molecular complexity index is 1600. The standard InChI is InChI=1S/C27H22N6OS/c1-18-8-7-11-20(14-18)33-26(22-16-28-23-13-6-5-12-21(22)23)31-32-27(33)35-17-25-30-29-24(34-25)15-19-9-3-2-4-10-19/h2-14,16,28H,15,17H2,1H3. The Hall–Kier alpha value is -4.17. The minimum absolute atomic E-state index is 0.500. The van der Waals surface area contributed by atoms with Crippen molar-refractivity contribution in [2.75, 3.05) is 0 Å². The van der Waals surface area contributed by atoms with E-state index in [1.54, 1.807) is 0 Å². The van der Waals surface area contributed by atoms with Crippen molar-refractivity contribution in [3.05, 3.63) is 108 Å². The molecule has 0 amide bonds. The first-order valence-electron chi connectivity index (χ1n) is 11.3. The van der Waals surface area contributed by atoms with Gasteiger partial charge in [-0.15, -0.1) is 20.4 Å². The van der Waals surface area contributed by atoms with Crippen LogP contribution in [0.15, 0.2) is 94.6 Å². The van der Waals surface area contributed by atoms with Crippen molar-refractivity contribution < 1.29 is 4.42 Å². The first-order chi connectivity index (χ1) is 17.2. The maximum Gasteiger partial charge on any atom is 0.226 e. The van der Waals surface area contributed by atoms with E-state index in [2.05, 4.69) is 79.3 Å². The van der Waals surface area contributed by atoms with Crippen LogP contribution in [0.2, 0.25) is 0 Å². The molecule has 7 nitrogen and oxygen atoms in total. The number of nitrogens with one attached hydrogen (secondary N) is 1. The van der Waals surface area contributed by atoms with E-state index in [9.17, 15) is 0 Å². The molecule has 1 N–H and O–H groups in total. The number of aromatic nitrogens is 6. The second kappa shape index (κ2) is 9.23. The van der Waals surface area contributed by atoms with E-state index in [1.165, 1.54) is 17.3 Å². The van der Waals surface area contributed by atoms with Crippen LogP contribution in [0, 0.1) is 6.92 Å². The van der Waals surface area contributed by atoms with Crippen LogP contribution >= 0.6 is 11.8 Å². The second-order valence-electron chi connectivity index (χ2n) is 8.27. The number of benzene rings is 3. The van der Waals surface area contributed by atoms with E-state index in [-0.39, 0.29) is 0 Å². The first kappa shape index (κ1) is 21.4. The number of H-pyrrole nitrogens is 1. The lowest BCUT2D eigenvalue weighted by Gasteiger charge is -2.10. The summed E-state index contributed by atoms with van der Waals surface area (Å²) < 4.78 is 8.00. The minimum atomic E-state index is 0.500. The van der Waals surface area contributed by atoms with Gasteiger partial charge in [0.25, 0.3) is 0 Å². The monoisotopic (exact) mass is 478 g/mol. The molecule has 35 heavy (non-hydrogen) atoms. The van der Waals surface area contributed by atoms with Crippen molar-refractivity contribution in [3.8, 4) is 17.1 Å². The van der Waals surface area contributed by atoms with E-state index in [4.69, 9.17) is 4.42 Å². The quantitative estimate of drug-likeness (QED) is 0.284. The highest BCUT2D eigenvalue weighted by molar-refractivity contribution is 7.98. The van der Waals surface area contributed by atoms with Crippen LogP contribution in [-0.4, -0.2) is 29.9 Å². The van der Waals surface area contributed by atoms with Gasteiger partial charge in [-0.25, -0.2) is 0 Å². The molecule has 0 aliphatic carbocycles. The normalized spacial score (nSPS) is 11.3. The van der Waals surface area contributed by atoms with Crippen molar-refractivity contribution >= 4 is 22.7 Å². The summed E-state index contributed by atoms with van der Waals surface area (Å²) in [4.78, 5) is 3.35. The van der Waals surface area contributed by atoms with Gasteiger partial charge >= 0.3 is 0 Å². The van der Waals surface area contributed by atoms with E-state index in [1.807, 2.05) is 42.6 Å². The molecule has 0 fully saturated rings. The molecular weight excluding hydrogens is 456 g/mol. The highest BCUT2D eigenvalue weighted by Gasteiger charge is 2.20. The van der Waals surface area contributed by atoms with E-state index in [0.717, 1.165) is 38.7 Å². The van der Waals surface area contributed by atoms with E-state index in [0.29, 0.717) is 24.0 Å². The van der Waals surface area contributed by atoms with Gasteiger partial charge < -0.3 is 9.40 Å². The Morgan fingerprint density at radius 2 is 1.69 bits per heavy atom. The lowest BCUT2D eigenvalue weighted by atomic mass is 10.1. The predicted octanol–water partition coefficient (Wildman–Crippen LogP) is 5.99. The van der Waals surface area contributed by atoms with Crippen molar-refractivity contribution in [1.29, 1.82) is 0 Å². The molecule has 0 saturated heterocycles. The lowest BCUT2D eigenvalue weighted by Crippen LogP contribution is -2.00. The Morgan fingerprint density at radius 1 is 0.857 bits per heavy atom. The number of thioether (sulfide) groups is 1. The zero-order chi connectivity index (χ0) is 23.6. The molecule has 3 heterocycles. The zero-order valence-electron chi connectivity index (χ0n) is 19.0. The Labute approximate surface area is 206 Å². The van der Waals surface area contributed by atoms with Gasteiger partial charge in [0, 0.05) is 28.4 Å². The summed E-state index contributed by atoms with van der Waals surface area (Å²) in [6.45, 7) is 2.08. The van der Waals surface area contributed by atoms with Gasteiger partial charge in [0.15, 0.2) is 11.0 Å². The van der Waals surface area contributed by atoms with Crippen LogP contribution in [0.3, 0.4) is 0 Å². The number of hydrogen-bond acceptors (Lipinski definition) is 6. The molecule has 0 radical (unpaired) electrons. The van der Waals surface area contributed by atoms with Crippen LogP contribution in [0.25, 0.3) is 28.0 Å². The molecule has 3 aromatic heterocycles. The zero-order valence-corrected chi connectivity index (χ0v) is 19.9. The number of hydrogen-bond donors (Lipinski definition) is 1. The molecular formula is C27H22N6OS. The third-order valence-corrected chi connectivity index (χ3v) is 6.67. The van der Waals surface area contributed by atoms with Crippen molar-refractivity contribution in [2.45, 2.75) is 24.3 Å². The van der Waals surface area contributed by atoms with E-state index >= 15 is 0 Å². The number of nitrogens with zero attached hydrogens (tertiary/aromatic N) is 5. The third-order valence-electron chi connectivity index (χ3n) is 5.75. The molecule has 8 heteroatoms. The van der Waals surface area contributed by atoms with Gasteiger partial charge in [-0.1, -0.05) is 72.4 Å². The van der Waals surface area contributed by atoms with Gasteiger partial charge in [-0.2, -0.15) is 0 Å². The fraction of sp³-hybridized carbons (Fsp3) is 0.111. The largest absolute Gasteiger partial charge is 0.424 e. The van der Waals surface area contributed by atoms with Gasteiger partial charge in [0.2, 0.25) is 11.8 Å². The summed E-state index contributed by atoms with van der Waals surface area (Å²) in [5, 5.41) is 19.5. The molecule has 0 bridgehead atoms. The molecule has 172 valence electrons. The summed E-state index contributed by atoms with van der Waals surface area (Å²) >= 11 is 1.53. The van der Waals surface area contributed by atoms with Gasteiger partial charge in [0.1, 0.15) is 0 Å². The average Bonchev–Trinajstić information content (AvgIpc) is 3.61. The Balaban J connectivity index is 1.32. The lowest BCUT2D eigenvalue weighted by molar-refractivity contribution is 0.474. The molecule has 0 unspecified atom stereocenters. The second-order valence-corrected chi connectivity index (χ2v) is 9.21. The highest BCUT2D eigenvalue weighted by Crippen LogP contribution is 2.33. The topological polar surface area (TPSA) is 85.4 Å². The molecule has 6 aromatic rings. The molecule has 0 aliphatic heterocycles. The predicted molar refractivity (Wildman–Crippen MR) is 136 cm³/mol. The van der Waals surface area contributed by atoms with Crippen LogP contribution in [-0.2, 0) is 12.2 Å². The Kier molecular flexibility index (Phi) is 5.64. The summed E-state index contributed by atoms with van der Waals surface area (Å²) in [6, 6.07) is 26.7. The molecule has 0 aliphatic rings. The van der Waals surface area contributed by atoms with Crippen molar-refractivity contribution in [3.63, 3.8) is 0 Å². The smallest absolute Gasteiger partial charge is 0.226 e. The van der Waals surface area contributed by atoms with Crippen LogP contribution in [0.4, 0.5) is 0 Å². The van der Waals surface area contributed by atoms with Crippen LogP contribution < -0.4 is 0 Å². The third kappa shape index (κ3) is 4.36. The highest BCUT2D eigenvalue weighted by atomic mass is 32.2. The number of rotatable bonds is 7. The molecule has 6 rings (SSSR count). The molecule has 0 spiro atoms. The molecule has 0 atom stereocenters. The number of aromatic amines is 1. The fourth-order valence-corrected chi connectivity index (χ4v) is 4.90. The summed E-state index contributed by atoms with van der Waals surface area (Å²) in [5.74, 6) is 2.45. The van der Waals surface area contributed by atoms with Crippen LogP contribution in [0.5, 0.6) is 0 Å². The van der Waals surface area contributed by atoms with Gasteiger partial charge in [0.05, 0.1) is 12.2 Å². The number of aryl methyl sites for hydroxylation is 1. The minimum Gasteiger partial charge on any atom is -0.424 e. The summed E-state index contributed by atoms with van der Waals surface area (Å²) in [5.41, 5.74) is 5.38. The van der Waals surface area contributed by atoms with Gasteiger partial charge in [-0.05, 0) is 36.2 Å². The first-order valence-corrected chi connectivity index (χ1v) is 12.3. The maximum atomic E-state index is 5.91.